The maximum absolute atomic E-state index is 11.8. The Morgan fingerprint density at radius 3 is 3.00 bits per heavy atom. The van der Waals surface area contributed by atoms with Crippen molar-refractivity contribution in [2.24, 2.45) is 5.92 Å². The maximum atomic E-state index is 11.8. The molecule has 0 atom stereocenters. The molecule has 0 aliphatic carbocycles. The molecule has 6 heteroatoms. The third-order valence-corrected chi connectivity index (χ3v) is 3.12. The molecule has 98 valence electrons. The summed E-state index contributed by atoms with van der Waals surface area (Å²) in [5, 5.41) is 0.224. The summed E-state index contributed by atoms with van der Waals surface area (Å²) in [6.45, 7) is 1.85. The van der Waals surface area contributed by atoms with E-state index in [0.29, 0.717) is 12.5 Å². The van der Waals surface area contributed by atoms with Crippen molar-refractivity contribution < 1.29 is 14.3 Å². The Morgan fingerprint density at radius 2 is 2.28 bits per heavy atom. The largest absolute Gasteiger partial charge is 0.462 e. The molecule has 1 aromatic heterocycles. The van der Waals surface area contributed by atoms with E-state index in [1.165, 1.54) is 12.3 Å². The topological polar surface area (TPSA) is 74.4 Å². The molecule has 0 bridgehead atoms. The highest BCUT2D eigenvalue weighted by Gasteiger charge is 2.18. The van der Waals surface area contributed by atoms with Crippen molar-refractivity contribution in [2.75, 3.05) is 25.6 Å². The van der Waals surface area contributed by atoms with Gasteiger partial charge in [-0.3, -0.25) is 0 Å². The number of esters is 1. The van der Waals surface area contributed by atoms with E-state index < -0.39 is 5.97 Å². The first-order valence-electron chi connectivity index (χ1n) is 5.82. The number of nitrogen functional groups attached to an aromatic ring is 1. The van der Waals surface area contributed by atoms with Crippen LogP contribution in [0.2, 0.25) is 5.15 Å². The van der Waals surface area contributed by atoms with Gasteiger partial charge in [-0.1, -0.05) is 11.6 Å². The van der Waals surface area contributed by atoms with Crippen molar-refractivity contribution in [3.05, 3.63) is 23.0 Å². The zero-order chi connectivity index (χ0) is 13.0. The third kappa shape index (κ3) is 3.34. The van der Waals surface area contributed by atoms with E-state index in [-0.39, 0.29) is 16.4 Å². The highest BCUT2D eigenvalue weighted by molar-refractivity contribution is 6.29. The monoisotopic (exact) mass is 270 g/mol. The summed E-state index contributed by atoms with van der Waals surface area (Å²) in [7, 11) is 0. The fraction of sp³-hybridized carbons (Fsp3) is 0.500. The minimum atomic E-state index is -0.455. The number of nitrogens with two attached hydrogens (primary N) is 1. The van der Waals surface area contributed by atoms with Crippen molar-refractivity contribution in [3.8, 4) is 0 Å². The van der Waals surface area contributed by atoms with Crippen LogP contribution in [0.3, 0.4) is 0 Å². The minimum Gasteiger partial charge on any atom is -0.462 e. The summed E-state index contributed by atoms with van der Waals surface area (Å²) < 4.78 is 10.5. The van der Waals surface area contributed by atoms with E-state index in [2.05, 4.69) is 4.98 Å². The van der Waals surface area contributed by atoms with Gasteiger partial charge in [-0.15, -0.1) is 0 Å². The summed E-state index contributed by atoms with van der Waals surface area (Å²) >= 11 is 5.72. The number of hydrogen-bond acceptors (Lipinski definition) is 5. The first-order valence-corrected chi connectivity index (χ1v) is 6.20. The molecule has 2 N–H and O–H groups in total. The Kier molecular flexibility index (Phi) is 4.38. The van der Waals surface area contributed by atoms with Crippen LogP contribution in [0.5, 0.6) is 0 Å². The lowest BCUT2D eigenvalue weighted by molar-refractivity contribution is 0.0186. The second kappa shape index (κ2) is 6.02. The highest BCUT2D eigenvalue weighted by Crippen LogP contribution is 2.19. The summed E-state index contributed by atoms with van der Waals surface area (Å²) in [4.78, 5) is 15.6. The zero-order valence-corrected chi connectivity index (χ0v) is 10.7. The van der Waals surface area contributed by atoms with Crippen LogP contribution in [0.1, 0.15) is 23.2 Å². The van der Waals surface area contributed by atoms with Gasteiger partial charge in [0, 0.05) is 13.2 Å². The maximum Gasteiger partial charge on any atom is 0.340 e. The standard InChI is InChI=1S/C12H15ClN2O3/c13-11-5-9(10(14)6-15-11)12(16)18-7-8-1-3-17-4-2-8/h5-6,8H,1-4,7,14H2. The molecular formula is C12H15ClN2O3. The Morgan fingerprint density at radius 1 is 1.56 bits per heavy atom. The molecule has 1 aromatic rings. The average molecular weight is 271 g/mol. The van der Waals surface area contributed by atoms with Gasteiger partial charge >= 0.3 is 5.97 Å². The number of rotatable bonds is 3. The second-order valence-corrected chi connectivity index (χ2v) is 4.64. The third-order valence-electron chi connectivity index (χ3n) is 2.91. The summed E-state index contributed by atoms with van der Waals surface area (Å²) in [5.74, 6) is -0.0930. The van der Waals surface area contributed by atoms with Crippen LogP contribution in [0, 0.1) is 5.92 Å². The van der Waals surface area contributed by atoms with Crippen LogP contribution in [0.4, 0.5) is 5.69 Å². The SMILES string of the molecule is Nc1cnc(Cl)cc1C(=O)OCC1CCOCC1. The molecular weight excluding hydrogens is 256 g/mol. The van der Waals surface area contributed by atoms with Crippen molar-refractivity contribution in [1.29, 1.82) is 0 Å². The van der Waals surface area contributed by atoms with Gasteiger partial charge in [-0.25, -0.2) is 9.78 Å². The molecule has 2 heterocycles. The average Bonchev–Trinajstić information content (AvgIpc) is 2.40. The lowest BCUT2D eigenvalue weighted by Crippen LogP contribution is -2.22. The fourth-order valence-corrected chi connectivity index (χ4v) is 1.96. The quantitative estimate of drug-likeness (QED) is 0.671. The molecule has 1 saturated heterocycles. The van der Waals surface area contributed by atoms with Gasteiger partial charge in [0.1, 0.15) is 5.15 Å². The molecule has 1 aliphatic heterocycles. The second-order valence-electron chi connectivity index (χ2n) is 4.25. The molecule has 1 aliphatic rings. The molecule has 5 nitrogen and oxygen atoms in total. The summed E-state index contributed by atoms with van der Waals surface area (Å²) in [5.41, 5.74) is 6.20. The van der Waals surface area contributed by atoms with Gasteiger partial charge in [-0.2, -0.15) is 0 Å². The van der Waals surface area contributed by atoms with Gasteiger partial charge in [0.15, 0.2) is 0 Å². The number of carbonyl (C=O) groups excluding carboxylic acids is 1. The van der Waals surface area contributed by atoms with Crippen LogP contribution in [0.15, 0.2) is 12.3 Å². The highest BCUT2D eigenvalue weighted by atomic mass is 35.5. The van der Waals surface area contributed by atoms with Gasteiger partial charge in [-0.05, 0) is 24.8 Å². The summed E-state index contributed by atoms with van der Waals surface area (Å²) in [6.07, 6.45) is 3.19. The first kappa shape index (κ1) is 13.1. The van der Waals surface area contributed by atoms with E-state index in [0.717, 1.165) is 26.1 Å². The van der Waals surface area contributed by atoms with Gasteiger partial charge in [0.25, 0.3) is 0 Å². The van der Waals surface area contributed by atoms with Crippen molar-refractivity contribution in [3.63, 3.8) is 0 Å². The van der Waals surface area contributed by atoms with Crippen molar-refractivity contribution in [1.82, 2.24) is 4.98 Å². The van der Waals surface area contributed by atoms with Crippen molar-refractivity contribution >= 4 is 23.3 Å². The van der Waals surface area contributed by atoms with Crippen LogP contribution in [0.25, 0.3) is 0 Å². The fourth-order valence-electron chi connectivity index (χ4n) is 1.80. The molecule has 2 rings (SSSR count). The summed E-state index contributed by atoms with van der Waals surface area (Å²) in [6, 6.07) is 1.42. The van der Waals surface area contributed by atoms with Crippen LogP contribution in [-0.4, -0.2) is 30.8 Å². The molecule has 0 unspecified atom stereocenters. The number of anilines is 1. The predicted molar refractivity (Wildman–Crippen MR) is 67.5 cm³/mol. The van der Waals surface area contributed by atoms with Crippen molar-refractivity contribution in [2.45, 2.75) is 12.8 Å². The van der Waals surface area contributed by atoms with Gasteiger partial charge < -0.3 is 15.2 Å². The Labute approximate surface area is 110 Å². The predicted octanol–water partition coefficient (Wildman–Crippen LogP) is 1.90. The number of carbonyl (C=O) groups is 1. The normalized spacial score (nSPS) is 16.5. The van der Waals surface area contributed by atoms with Crippen LogP contribution < -0.4 is 5.73 Å². The number of halogens is 1. The van der Waals surface area contributed by atoms with E-state index in [1.54, 1.807) is 0 Å². The van der Waals surface area contributed by atoms with E-state index in [1.807, 2.05) is 0 Å². The number of nitrogens with zero attached hydrogens (tertiary/aromatic N) is 1. The van der Waals surface area contributed by atoms with E-state index in [4.69, 9.17) is 26.8 Å². The van der Waals surface area contributed by atoms with Gasteiger partial charge in [0.2, 0.25) is 0 Å². The minimum absolute atomic E-state index is 0.224. The first-order chi connectivity index (χ1) is 8.66. The zero-order valence-electron chi connectivity index (χ0n) is 9.89. The molecule has 0 spiro atoms. The molecule has 1 fully saturated rings. The van der Waals surface area contributed by atoms with Crippen LogP contribution >= 0.6 is 11.6 Å². The lowest BCUT2D eigenvalue weighted by Gasteiger charge is -2.21. The smallest absolute Gasteiger partial charge is 0.340 e. The lowest BCUT2D eigenvalue weighted by atomic mass is 10.0. The van der Waals surface area contributed by atoms with Crippen LogP contribution in [-0.2, 0) is 9.47 Å². The van der Waals surface area contributed by atoms with E-state index >= 15 is 0 Å². The molecule has 0 aromatic carbocycles. The Balaban J connectivity index is 1.92. The number of ether oxygens (including phenoxy) is 2. The molecule has 0 amide bonds. The number of aromatic nitrogens is 1. The number of pyridine rings is 1. The van der Waals surface area contributed by atoms with E-state index in [9.17, 15) is 4.79 Å². The Hall–Kier alpha value is -1.33. The molecule has 18 heavy (non-hydrogen) atoms. The Bertz CT molecular complexity index is 433. The molecule has 0 radical (unpaired) electrons. The van der Waals surface area contributed by atoms with Gasteiger partial charge in [0.05, 0.1) is 24.1 Å². The molecule has 0 saturated carbocycles. The number of hydrogen-bond donors (Lipinski definition) is 1.